The maximum Gasteiger partial charge on any atom is 0.265 e. The molecule has 1 heterocycles. The van der Waals surface area contributed by atoms with Gasteiger partial charge in [0.1, 0.15) is 11.5 Å². The fourth-order valence-corrected chi connectivity index (χ4v) is 5.34. The van der Waals surface area contributed by atoms with Gasteiger partial charge in [0, 0.05) is 57.3 Å². The lowest BCUT2D eigenvalue weighted by Crippen LogP contribution is -2.50. The molecule has 0 saturated carbocycles. The molecule has 0 radical (unpaired) electrons. The number of fused-ring (bicyclic) bond motifs is 1. The second-order valence-corrected chi connectivity index (χ2v) is 10.9. The summed E-state index contributed by atoms with van der Waals surface area (Å²) in [5.41, 5.74) is 5.50. The normalized spacial score (nSPS) is 13.8. The lowest BCUT2D eigenvalue weighted by atomic mass is 10.0. The number of nitrogens with one attached hydrogen (secondary N) is 1. The molecule has 0 spiro atoms. The summed E-state index contributed by atoms with van der Waals surface area (Å²) in [7, 11) is 1.78. The first-order valence-corrected chi connectivity index (χ1v) is 14.4. The first kappa shape index (κ1) is 29.4. The molecule has 42 heavy (non-hydrogen) atoms. The molecule has 1 aliphatic heterocycles. The Labute approximate surface area is 251 Å². The van der Waals surface area contributed by atoms with Crippen molar-refractivity contribution in [2.24, 2.45) is 0 Å². The van der Waals surface area contributed by atoms with Gasteiger partial charge in [0.05, 0.1) is 5.02 Å². The number of carbonyl (C=O) groups excluding carboxylic acids is 2. The number of hydrogen-bond donors (Lipinski definition) is 2. The van der Waals surface area contributed by atoms with Gasteiger partial charge in [-0.2, -0.15) is 0 Å². The molecule has 1 saturated heterocycles. The van der Waals surface area contributed by atoms with E-state index in [-0.39, 0.29) is 29.2 Å². The first-order chi connectivity index (χ1) is 20.4. The number of ether oxygens (including phenoxy) is 1. The van der Waals surface area contributed by atoms with Crippen molar-refractivity contribution in [2.75, 3.05) is 46.4 Å². The van der Waals surface area contributed by atoms with Crippen molar-refractivity contribution in [3.8, 4) is 11.5 Å². The predicted octanol–water partition coefficient (Wildman–Crippen LogP) is 4.74. The summed E-state index contributed by atoms with van der Waals surface area (Å²) >= 11 is 5.95. The highest BCUT2D eigenvalue weighted by Gasteiger charge is 2.22. The molecule has 0 atom stereocenters. The van der Waals surface area contributed by atoms with Gasteiger partial charge in [-0.3, -0.25) is 19.9 Å². The van der Waals surface area contributed by atoms with Gasteiger partial charge in [-0.25, -0.2) is 5.01 Å². The van der Waals surface area contributed by atoms with Crippen LogP contribution < -0.4 is 10.2 Å². The fourth-order valence-electron chi connectivity index (χ4n) is 5.16. The molecule has 1 fully saturated rings. The van der Waals surface area contributed by atoms with Crippen molar-refractivity contribution >= 4 is 34.2 Å². The Balaban J connectivity index is 1.15. The number of nitrogens with zero attached hydrogens (tertiary/aromatic N) is 3. The third-order valence-electron chi connectivity index (χ3n) is 7.52. The minimum atomic E-state index is -0.334. The Kier molecular flexibility index (Phi) is 9.59. The molecule has 8 nitrogen and oxygen atoms in total. The largest absolute Gasteiger partial charge is 0.506 e. The predicted molar refractivity (Wildman–Crippen MR) is 165 cm³/mol. The standard InChI is InChI=1S/C33H35ClN4O4/c1-36(35-33(41)25-11-13-30(39)29(34)21-25)22-26-12-14-31(28-10-6-5-9-27(26)28)42-23-32(40)38-19-17-37(18-20-38)16-15-24-7-3-2-4-8-24/h2-14,21,39H,15-20,22-23H2,1H3,(H,35,41). The molecule has 4 aromatic rings. The van der Waals surface area contributed by atoms with E-state index in [2.05, 4.69) is 34.6 Å². The van der Waals surface area contributed by atoms with Gasteiger partial charge in [-0.1, -0.05) is 72.3 Å². The van der Waals surface area contributed by atoms with Crippen LogP contribution in [0.2, 0.25) is 5.02 Å². The van der Waals surface area contributed by atoms with Crippen LogP contribution in [0.5, 0.6) is 11.5 Å². The second-order valence-electron chi connectivity index (χ2n) is 10.5. The summed E-state index contributed by atoms with van der Waals surface area (Å²) in [6, 6.07) is 26.5. The minimum absolute atomic E-state index is 0.0114. The molecule has 4 aromatic carbocycles. The number of aromatic hydroxyl groups is 1. The van der Waals surface area contributed by atoms with Crippen molar-refractivity contribution in [3.63, 3.8) is 0 Å². The Morgan fingerprint density at radius 1 is 0.929 bits per heavy atom. The average Bonchev–Trinajstić information content (AvgIpc) is 3.01. The van der Waals surface area contributed by atoms with E-state index < -0.39 is 0 Å². The first-order valence-electron chi connectivity index (χ1n) is 14.1. The fraction of sp³-hybridized carbons (Fsp3) is 0.273. The Morgan fingerprint density at radius 3 is 2.38 bits per heavy atom. The highest BCUT2D eigenvalue weighted by molar-refractivity contribution is 6.32. The second kappa shape index (κ2) is 13.7. The SMILES string of the molecule is CN(Cc1ccc(OCC(=O)N2CCN(CCc3ccccc3)CC2)c2ccccc12)NC(=O)c1ccc(O)c(Cl)c1. The summed E-state index contributed by atoms with van der Waals surface area (Å²) in [5, 5.41) is 13.3. The van der Waals surface area contributed by atoms with Gasteiger partial charge in [0.2, 0.25) is 0 Å². The molecule has 5 rings (SSSR count). The molecule has 0 bridgehead atoms. The number of benzene rings is 4. The van der Waals surface area contributed by atoms with Crippen LogP contribution in [-0.2, 0) is 17.8 Å². The monoisotopic (exact) mass is 586 g/mol. The average molecular weight is 587 g/mol. The van der Waals surface area contributed by atoms with E-state index in [9.17, 15) is 14.7 Å². The number of piperazine rings is 1. The topological polar surface area (TPSA) is 85.4 Å². The van der Waals surface area contributed by atoms with Crippen LogP contribution in [0.15, 0.2) is 84.9 Å². The molecule has 0 aliphatic carbocycles. The van der Waals surface area contributed by atoms with E-state index in [0.717, 1.165) is 42.4 Å². The zero-order chi connectivity index (χ0) is 29.5. The van der Waals surface area contributed by atoms with E-state index in [0.29, 0.717) is 30.9 Å². The van der Waals surface area contributed by atoms with E-state index in [1.165, 1.54) is 23.8 Å². The van der Waals surface area contributed by atoms with E-state index >= 15 is 0 Å². The Bertz CT molecular complexity index is 1540. The lowest BCUT2D eigenvalue weighted by molar-refractivity contribution is -0.135. The number of hydrazine groups is 1. The van der Waals surface area contributed by atoms with Crippen LogP contribution in [0, 0.1) is 0 Å². The maximum atomic E-state index is 13.0. The smallest absolute Gasteiger partial charge is 0.265 e. The van der Waals surface area contributed by atoms with Crippen LogP contribution in [-0.4, -0.2) is 78.1 Å². The quantitative estimate of drug-likeness (QED) is 0.261. The zero-order valence-electron chi connectivity index (χ0n) is 23.6. The molecular formula is C33H35ClN4O4. The molecule has 9 heteroatoms. The highest BCUT2D eigenvalue weighted by Crippen LogP contribution is 2.29. The number of phenolic OH excluding ortho intramolecular Hbond substituents is 1. The minimum Gasteiger partial charge on any atom is -0.506 e. The van der Waals surface area contributed by atoms with Gasteiger partial charge in [0.15, 0.2) is 6.61 Å². The van der Waals surface area contributed by atoms with E-state index in [1.807, 2.05) is 47.4 Å². The summed E-state index contributed by atoms with van der Waals surface area (Å²) in [5.74, 6) is 0.227. The number of amides is 2. The van der Waals surface area contributed by atoms with Crippen molar-refractivity contribution in [1.29, 1.82) is 0 Å². The molecule has 1 aliphatic rings. The maximum absolute atomic E-state index is 13.0. The van der Waals surface area contributed by atoms with E-state index in [1.54, 1.807) is 12.1 Å². The van der Waals surface area contributed by atoms with Crippen LogP contribution in [0.25, 0.3) is 10.8 Å². The Hall–Kier alpha value is -4.11. The van der Waals surface area contributed by atoms with E-state index in [4.69, 9.17) is 16.3 Å². The molecule has 2 N–H and O–H groups in total. The summed E-state index contributed by atoms with van der Waals surface area (Å²) in [4.78, 5) is 29.9. The third kappa shape index (κ3) is 7.39. The molecule has 0 aromatic heterocycles. The van der Waals surface area contributed by atoms with Crippen LogP contribution >= 0.6 is 11.6 Å². The van der Waals surface area contributed by atoms with Gasteiger partial charge in [0.25, 0.3) is 11.8 Å². The van der Waals surface area contributed by atoms with Crippen LogP contribution in [0.1, 0.15) is 21.5 Å². The third-order valence-corrected chi connectivity index (χ3v) is 7.82. The molecule has 2 amide bonds. The number of hydrogen-bond acceptors (Lipinski definition) is 6. The van der Waals surface area contributed by atoms with Crippen LogP contribution in [0.4, 0.5) is 0 Å². The van der Waals surface area contributed by atoms with Crippen molar-refractivity contribution in [2.45, 2.75) is 13.0 Å². The summed E-state index contributed by atoms with van der Waals surface area (Å²) in [6.45, 7) is 4.53. The molecule has 0 unspecified atom stereocenters. The number of rotatable bonds is 10. The van der Waals surface area contributed by atoms with Crippen molar-refractivity contribution in [3.05, 3.63) is 107 Å². The summed E-state index contributed by atoms with van der Waals surface area (Å²) < 4.78 is 6.05. The lowest BCUT2D eigenvalue weighted by Gasteiger charge is -2.34. The number of halogens is 1. The van der Waals surface area contributed by atoms with Gasteiger partial charge in [-0.05, 0) is 47.2 Å². The number of carbonyl (C=O) groups is 2. The zero-order valence-corrected chi connectivity index (χ0v) is 24.4. The highest BCUT2D eigenvalue weighted by atomic mass is 35.5. The molecule has 218 valence electrons. The molecular weight excluding hydrogens is 552 g/mol. The van der Waals surface area contributed by atoms with Crippen molar-refractivity contribution < 1.29 is 19.4 Å². The van der Waals surface area contributed by atoms with Crippen molar-refractivity contribution in [1.82, 2.24) is 20.2 Å². The van der Waals surface area contributed by atoms with Gasteiger partial charge in [-0.15, -0.1) is 0 Å². The van der Waals surface area contributed by atoms with Gasteiger partial charge < -0.3 is 14.7 Å². The van der Waals surface area contributed by atoms with Crippen LogP contribution in [0.3, 0.4) is 0 Å². The number of phenols is 1. The summed E-state index contributed by atoms with van der Waals surface area (Å²) in [6.07, 6.45) is 1.01. The van der Waals surface area contributed by atoms with Gasteiger partial charge >= 0.3 is 0 Å². The Morgan fingerprint density at radius 2 is 1.64 bits per heavy atom.